The maximum Gasteiger partial charge on any atom is 0.270 e. The lowest BCUT2D eigenvalue weighted by molar-refractivity contribution is 0.0724. The highest BCUT2D eigenvalue weighted by Crippen LogP contribution is 2.36. The van der Waals surface area contributed by atoms with Crippen molar-refractivity contribution < 1.29 is 9.59 Å². The number of nitrogens with zero attached hydrogens (tertiary/aromatic N) is 2. The molecule has 5 rings (SSSR count). The summed E-state index contributed by atoms with van der Waals surface area (Å²) < 4.78 is 0. The van der Waals surface area contributed by atoms with Gasteiger partial charge in [0.2, 0.25) is 0 Å². The number of rotatable bonds is 5. The van der Waals surface area contributed by atoms with Crippen LogP contribution in [0.4, 0.5) is 0 Å². The molecule has 2 aromatic heterocycles. The first-order valence-electron chi connectivity index (χ1n) is 11.0. The van der Waals surface area contributed by atoms with Gasteiger partial charge in [-0.05, 0) is 78.9 Å². The Bertz CT molecular complexity index is 1170. The van der Waals surface area contributed by atoms with Crippen LogP contribution in [-0.4, -0.2) is 40.8 Å². The summed E-state index contributed by atoms with van der Waals surface area (Å²) in [4.78, 5) is 32.3. The molecule has 1 aliphatic heterocycles. The van der Waals surface area contributed by atoms with E-state index in [1.54, 1.807) is 23.6 Å². The molecule has 7 heteroatoms. The zero-order valence-electron chi connectivity index (χ0n) is 17.6. The highest BCUT2D eigenvalue weighted by molar-refractivity contribution is 7.14. The zero-order valence-corrected chi connectivity index (χ0v) is 19.2. The first kappa shape index (κ1) is 21.2. The van der Waals surface area contributed by atoms with Gasteiger partial charge in [-0.3, -0.25) is 14.6 Å². The predicted octanol–water partition coefficient (Wildman–Crippen LogP) is 5.65. The third-order valence-electron chi connectivity index (χ3n) is 5.96. The maximum absolute atomic E-state index is 12.8. The number of halogens is 1. The Morgan fingerprint density at radius 3 is 2.59 bits per heavy atom. The van der Waals surface area contributed by atoms with E-state index in [-0.39, 0.29) is 11.8 Å². The Morgan fingerprint density at radius 2 is 1.84 bits per heavy atom. The number of thiophene rings is 1. The van der Waals surface area contributed by atoms with Crippen LogP contribution in [-0.2, 0) is 0 Å². The van der Waals surface area contributed by atoms with Gasteiger partial charge in [0, 0.05) is 46.4 Å². The van der Waals surface area contributed by atoms with Crippen LogP contribution in [0.25, 0.3) is 21.6 Å². The summed E-state index contributed by atoms with van der Waals surface area (Å²) in [6, 6.07) is 11.7. The van der Waals surface area contributed by atoms with Gasteiger partial charge < -0.3 is 10.2 Å². The molecule has 0 bridgehead atoms. The molecule has 1 aliphatic carbocycles. The number of hydrogen-bond acceptors (Lipinski definition) is 4. The van der Waals surface area contributed by atoms with Crippen molar-refractivity contribution in [3.63, 3.8) is 0 Å². The second-order valence-corrected chi connectivity index (χ2v) is 9.74. The first-order valence-corrected chi connectivity index (χ1v) is 12.3. The van der Waals surface area contributed by atoms with Crippen LogP contribution >= 0.6 is 22.9 Å². The molecular formula is C25H24ClN3O2S. The number of carbonyl (C=O) groups is 2. The summed E-state index contributed by atoms with van der Waals surface area (Å²) in [5, 5.41) is 5.59. The highest BCUT2D eigenvalue weighted by Gasteiger charge is 2.24. The van der Waals surface area contributed by atoms with Crippen LogP contribution in [0.5, 0.6) is 0 Å². The SMILES string of the molecule is O=C(NC1CC1)c1cc(-c2cc(-c3ccc(C(=O)N4CCCCC4)cc3Cl)cs2)ccn1. The largest absolute Gasteiger partial charge is 0.348 e. The molecule has 1 aromatic carbocycles. The molecule has 1 saturated heterocycles. The average Bonchev–Trinajstić information content (AvgIpc) is 3.51. The zero-order chi connectivity index (χ0) is 22.1. The van der Waals surface area contributed by atoms with Gasteiger partial charge in [-0.15, -0.1) is 11.3 Å². The molecule has 2 fully saturated rings. The van der Waals surface area contributed by atoms with E-state index in [4.69, 9.17) is 11.6 Å². The average molecular weight is 466 g/mol. The highest BCUT2D eigenvalue weighted by atomic mass is 35.5. The topological polar surface area (TPSA) is 62.3 Å². The van der Waals surface area contributed by atoms with Crippen LogP contribution in [0.1, 0.15) is 53.0 Å². The smallest absolute Gasteiger partial charge is 0.270 e. The molecule has 0 atom stereocenters. The number of amides is 2. The number of aromatic nitrogens is 1. The minimum Gasteiger partial charge on any atom is -0.348 e. The number of likely N-dealkylation sites (tertiary alicyclic amines) is 1. The molecule has 2 aliphatic rings. The summed E-state index contributed by atoms with van der Waals surface area (Å²) in [7, 11) is 0. The van der Waals surface area contributed by atoms with Crippen molar-refractivity contribution in [1.29, 1.82) is 0 Å². The lowest BCUT2D eigenvalue weighted by Crippen LogP contribution is -2.35. The second kappa shape index (κ2) is 9.04. The molecule has 5 nitrogen and oxygen atoms in total. The van der Waals surface area contributed by atoms with Gasteiger partial charge >= 0.3 is 0 Å². The maximum atomic E-state index is 12.8. The van der Waals surface area contributed by atoms with Gasteiger partial charge in [-0.25, -0.2) is 0 Å². The number of nitrogens with one attached hydrogen (secondary N) is 1. The third-order valence-corrected chi connectivity index (χ3v) is 7.25. The number of hydrogen-bond donors (Lipinski definition) is 1. The van der Waals surface area contributed by atoms with Gasteiger partial charge in [0.25, 0.3) is 11.8 Å². The Balaban J connectivity index is 1.35. The summed E-state index contributed by atoms with van der Waals surface area (Å²) >= 11 is 8.19. The van der Waals surface area contributed by atoms with E-state index >= 15 is 0 Å². The molecule has 0 radical (unpaired) electrons. The summed E-state index contributed by atoms with van der Waals surface area (Å²) in [6.45, 7) is 1.64. The fourth-order valence-electron chi connectivity index (χ4n) is 3.99. The number of carbonyl (C=O) groups excluding carboxylic acids is 2. The quantitative estimate of drug-likeness (QED) is 0.529. The van der Waals surface area contributed by atoms with Crippen LogP contribution < -0.4 is 5.32 Å². The van der Waals surface area contributed by atoms with Crippen LogP contribution in [0.3, 0.4) is 0 Å². The molecule has 0 unspecified atom stereocenters. The van der Waals surface area contributed by atoms with E-state index in [0.29, 0.717) is 22.3 Å². The summed E-state index contributed by atoms with van der Waals surface area (Å²) in [5.41, 5.74) is 3.91. The van der Waals surface area contributed by atoms with Gasteiger partial charge in [0.15, 0.2) is 0 Å². The molecule has 32 heavy (non-hydrogen) atoms. The first-order chi connectivity index (χ1) is 15.6. The Hall–Kier alpha value is -2.70. The van der Waals surface area contributed by atoms with Crippen LogP contribution in [0.2, 0.25) is 5.02 Å². The van der Waals surface area contributed by atoms with Crippen molar-refractivity contribution in [1.82, 2.24) is 15.2 Å². The van der Waals surface area contributed by atoms with Gasteiger partial charge in [-0.1, -0.05) is 17.7 Å². The Kier molecular flexibility index (Phi) is 5.98. The van der Waals surface area contributed by atoms with E-state index in [0.717, 1.165) is 60.3 Å². The van der Waals surface area contributed by atoms with E-state index in [1.807, 2.05) is 34.5 Å². The fourth-order valence-corrected chi connectivity index (χ4v) is 5.18. The molecular weight excluding hydrogens is 442 g/mol. The standard InChI is InChI=1S/C25H24ClN3O2S/c26-21-12-17(25(31)29-10-2-1-3-11-29)4-7-20(21)18-14-23(32-15-18)16-8-9-27-22(13-16)24(30)28-19-5-6-19/h4,7-9,12-15,19H,1-3,5-6,10-11H2,(H,28,30). The van der Waals surface area contributed by atoms with Crippen molar-refractivity contribution >= 4 is 34.8 Å². The Morgan fingerprint density at radius 1 is 1.03 bits per heavy atom. The summed E-state index contributed by atoms with van der Waals surface area (Å²) in [6.07, 6.45) is 7.08. The molecule has 164 valence electrons. The van der Waals surface area contributed by atoms with E-state index < -0.39 is 0 Å². The van der Waals surface area contributed by atoms with Crippen LogP contribution in [0.15, 0.2) is 48.0 Å². The lowest BCUT2D eigenvalue weighted by atomic mass is 10.0. The monoisotopic (exact) mass is 465 g/mol. The van der Waals surface area contributed by atoms with E-state index in [2.05, 4.69) is 16.4 Å². The normalized spacial score (nSPS) is 16.1. The van der Waals surface area contributed by atoms with Crippen molar-refractivity contribution in [2.75, 3.05) is 13.1 Å². The molecule has 3 heterocycles. The Labute approximate surface area is 196 Å². The predicted molar refractivity (Wildman–Crippen MR) is 128 cm³/mol. The van der Waals surface area contributed by atoms with Crippen LogP contribution in [0, 0.1) is 0 Å². The van der Waals surface area contributed by atoms with Crippen molar-refractivity contribution in [2.45, 2.75) is 38.1 Å². The molecule has 1 saturated carbocycles. The van der Waals surface area contributed by atoms with Gasteiger partial charge in [0.05, 0.1) is 0 Å². The van der Waals surface area contributed by atoms with Crippen molar-refractivity contribution in [2.24, 2.45) is 0 Å². The number of benzene rings is 1. The number of pyridine rings is 1. The summed E-state index contributed by atoms with van der Waals surface area (Å²) in [5.74, 6) is -0.0684. The van der Waals surface area contributed by atoms with Gasteiger partial charge in [0.1, 0.15) is 5.69 Å². The van der Waals surface area contributed by atoms with Crippen molar-refractivity contribution in [3.8, 4) is 21.6 Å². The molecule has 0 spiro atoms. The molecule has 3 aromatic rings. The van der Waals surface area contributed by atoms with E-state index in [9.17, 15) is 9.59 Å². The molecule has 1 N–H and O–H groups in total. The second-order valence-electron chi connectivity index (χ2n) is 8.42. The number of piperidine rings is 1. The van der Waals surface area contributed by atoms with Crippen molar-refractivity contribution in [3.05, 3.63) is 64.3 Å². The lowest BCUT2D eigenvalue weighted by Gasteiger charge is -2.26. The fraction of sp³-hybridized carbons (Fsp3) is 0.320. The minimum absolute atomic E-state index is 0.0537. The van der Waals surface area contributed by atoms with E-state index in [1.165, 1.54) is 6.42 Å². The molecule has 2 amide bonds. The minimum atomic E-state index is -0.122. The van der Waals surface area contributed by atoms with Gasteiger partial charge in [-0.2, -0.15) is 0 Å². The third kappa shape index (κ3) is 4.57.